The maximum atomic E-state index is 6.55. The molecule has 11 rings (SSSR count). The molecule has 3 heteroatoms. The van der Waals surface area contributed by atoms with Crippen LogP contribution in [-0.2, 0) is 0 Å². The Kier molecular flexibility index (Phi) is 6.68. The first-order chi connectivity index (χ1) is 26.3. The van der Waals surface area contributed by atoms with Crippen LogP contribution in [0.25, 0.3) is 72.2 Å². The molecule has 9 aromatic rings. The smallest absolute Gasteiger partial charge is 0.137 e. The number of hydrogen-bond acceptors (Lipinski definition) is 3. The second kappa shape index (κ2) is 11.9. The van der Waals surface area contributed by atoms with E-state index in [2.05, 4.69) is 175 Å². The van der Waals surface area contributed by atoms with Crippen LogP contribution in [0.3, 0.4) is 0 Å². The minimum Gasteiger partial charge on any atom is -0.456 e. The third-order valence-corrected chi connectivity index (χ3v) is 11.0. The van der Waals surface area contributed by atoms with Crippen LogP contribution in [0.1, 0.15) is 17.0 Å². The van der Waals surface area contributed by atoms with Crippen LogP contribution in [0.4, 0.5) is 17.1 Å². The minimum absolute atomic E-state index is 0.292. The van der Waals surface area contributed by atoms with Gasteiger partial charge < -0.3 is 13.7 Å². The largest absolute Gasteiger partial charge is 0.456 e. The van der Waals surface area contributed by atoms with E-state index in [-0.39, 0.29) is 0 Å². The maximum absolute atomic E-state index is 6.55. The van der Waals surface area contributed by atoms with Crippen LogP contribution in [-0.4, -0.2) is 0 Å². The molecule has 0 bridgehead atoms. The Morgan fingerprint density at radius 1 is 0.453 bits per heavy atom. The van der Waals surface area contributed by atoms with Crippen molar-refractivity contribution in [3.05, 3.63) is 193 Å². The second-order valence-electron chi connectivity index (χ2n) is 14.0. The molecule has 2 atom stereocenters. The first-order valence-corrected chi connectivity index (χ1v) is 18.3. The molecule has 0 N–H and O–H groups in total. The van der Waals surface area contributed by atoms with Crippen LogP contribution in [0, 0.1) is 5.92 Å². The van der Waals surface area contributed by atoms with Crippen molar-refractivity contribution in [1.29, 1.82) is 0 Å². The van der Waals surface area contributed by atoms with E-state index in [0.29, 0.717) is 11.8 Å². The molecule has 0 saturated heterocycles. The monoisotopic (exact) mass is 679 g/mol. The summed E-state index contributed by atoms with van der Waals surface area (Å²) in [5.41, 5.74) is 13.9. The summed E-state index contributed by atoms with van der Waals surface area (Å²) in [6.45, 7) is 0. The van der Waals surface area contributed by atoms with Crippen molar-refractivity contribution in [2.75, 3.05) is 4.90 Å². The fourth-order valence-electron chi connectivity index (χ4n) is 8.50. The Balaban J connectivity index is 1.18. The number of benzene rings is 7. The van der Waals surface area contributed by atoms with Gasteiger partial charge in [-0.2, -0.15) is 0 Å². The zero-order valence-corrected chi connectivity index (χ0v) is 28.8. The number of furan rings is 2. The van der Waals surface area contributed by atoms with Gasteiger partial charge in [-0.3, -0.25) is 0 Å². The molecule has 0 fully saturated rings. The molecule has 0 amide bonds. The molecule has 0 radical (unpaired) electrons. The van der Waals surface area contributed by atoms with Crippen molar-refractivity contribution in [3.8, 4) is 22.3 Å². The van der Waals surface area contributed by atoms with E-state index in [9.17, 15) is 0 Å². The molecule has 250 valence electrons. The molecular formula is C50H33NO2. The number of nitrogens with zero attached hydrogens (tertiary/aromatic N) is 1. The molecule has 2 heterocycles. The van der Waals surface area contributed by atoms with E-state index in [1.807, 2.05) is 18.2 Å². The van der Waals surface area contributed by atoms with Gasteiger partial charge >= 0.3 is 0 Å². The fourth-order valence-corrected chi connectivity index (χ4v) is 8.50. The summed E-state index contributed by atoms with van der Waals surface area (Å²) in [6, 6.07) is 54.0. The lowest BCUT2D eigenvalue weighted by Gasteiger charge is -2.30. The van der Waals surface area contributed by atoms with Gasteiger partial charge in [-0.1, -0.05) is 127 Å². The summed E-state index contributed by atoms with van der Waals surface area (Å²) in [7, 11) is 0. The van der Waals surface area contributed by atoms with E-state index < -0.39 is 0 Å². The second-order valence-corrected chi connectivity index (χ2v) is 14.0. The van der Waals surface area contributed by atoms with E-state index >= 15 is 0 Å². The average molecular weight is 680 g/mol. The Bertz CT molecular complexity index is 2960. The van der Waals surface area contributed by atoms with Crippen LogP contribution in [0.2, 0.25) is 0 Å². The van der Waals surface area contributed by atoms with Crippen molar-refractivity contribution < 1.29 is 8.83 Å². The number of allylic oxidation sites excluding steroid dienone is 5. The van der Waals surface area contributed by atoms with Crippen molar-refractivity contribution in [2.45, 2.75) is 5.92 Å². The van der Waals surface area contributed by atoms with Gasteiger partial charge in [0, 0.05) is 56.4 Å². The Morgan fingerprint density at radius 3 is 2.00 bits per heavy atom. The molecule has 2 unspecified atom stereocenters. The van der Waals surface area contributed by atoms with Gasteiger partial charge in [0.25, 0.3) is 0 Å². The third kappa shape index (κ3) is 4.82. The molecule has 0 spiro atoms. The van der Waals surface area contributed by atoms with Gasteiger partial charge in [-0.15, -0.1) is 0 Å². The van der Waals surface area contributed by atoms with Gasteiger partial charge in [0.1, 0.15) is 22.3 Å². The topological polar surface area (TPSA) is 29.5 Å². The minimum atomic E-state index is 0.292. The summed E-state index contributed by atoms with van der Waals surface area (Å²) in [5, 5.41) is 4.43. The summed E-state index contributed by atoms with van der Waals surface area (Å²) < 4.78 is 13.0. The van der Waals surface area contributed by atoms with Gasteiger partial charge in [-0.05, 0) is 82.4 Å². The molecule has 53 heavy (non-hydrogen) atoms. The Labute approximate surface area is 307 Å². The molecular weight excluding hydrogens is 647 g/mol. The summed E-state index contributed by atoms with van der Waals surface area (Å²) in [6.07, 6.45) is 13.6. The van der Waals surface area contributed by atoms with E-state index in [1.165, 1.54) is 22.3 Å². The number of rotatable bonds is 5. The molecule has 3 nitrogen and oxygen atoms in total. The summed E-state index contributed by atoms with van der Waals surface area (Å²) in [4.78, 5) is 2.38. The highest BCUT2D eigenvalue weighted by atomic mass is 16.3. The molecule has 2 aliphatic carbocycles. The molecule has 0 saturated carbocycles. The quantitative estimate of drug-likeness (QED) is 0.181. The highest BCUT2D eigenvalue weighted by Gasteiger charge is 2.27. The van der Waals surface area contributed by atoms with Gasteiger partial charge in [0.15, 0.2) is 0 Å². The van der Waals surface area contributed by atoms with Gasteiger partial charge in [-0.25, -0.2) is 0 Å². The number of hydrogen-bond donors (Lipinski definition) is 0. The predicted octanol–water partition coefficient (Wildman–Crippen LogP) is 14.1. The zero-order chi connectivity index (χ0) is 34.9. The van der Waals surface area contributed by atoms with Gasteiger partial charge in [0.2, 0.25) is 0 Å². The zero-order valence-electron chi connectivity index (χ0n) is 28.8. The lowest BCUT2D eigenvalue weighted by atomic mass is 9.76. The van der Waals surface area contributed by atoms with Crippen LogP contribution in [0.5, 0.6) is 0 Å². The fraction of sp³-hybridized carbons (Fsp3) is 0.0400. The number of anilines is 3. The lowest BCUT2D eigenvalue weighted by molar-refractivity contribution is 0.668. The van der Waals surface area contributed by atoms with Crippen LogP contribution < -0.4 is 4.90 Å². The average Bonchev–Trinajstić information content (AvgIpc) is 3.79. The SMILES string of the molecule is C1=CC2C=Cc3ccc(-c4c(N(c5ccc(-c6ccccc6)cc5)c5ccc6c(c5)oc5ccccc56)ccc5oc6ccccc6c45)cc3C2C=C1. The van der Waals surface area contributed by atoms with Gasteiger partial charge in [0.05, 0.1) is 5.69 Å². The van der Waals surface area contributed by atoms with E-state index in [1.54, 1.807) is 0 Å². The Morgan fingerprint density at radius 2 is 1.13 bits per heavy atom. The highest BCUT2D eigenvalue weighted by Crippen LogP contribution is 2.49. The number of para-hydroxylation sites is 2. The van der Waals surface area contributed by atoms with E-state index in [0.717, 1.165) is 72.1 Å². The summed E-state index contributed by atoms with van der Waals surface area (Å²) >= 11 is 0. The van der Waals surface area contributed by atoms with Crippen molar-refractivity contribution in [1.82, 2.24) is 0 Å². The standard InChI is InChI=1S/C50H33NO2/c1-2-10-32(11-3-1)33-22-24-37(25-23-33)51(38-26-27-41-40-14-6-8-16-45(40)53-48(41)31-38)44-28-29-47-50(42-15-7-9-17-46(42)52-47)49(44)36-21-20-35-19-18-34-12-4-5-13-39(34)43(35)30-36/h1-31,34,39H. The lowest BCUT2D eigenvalue weighted by Crippen LogP contribution is -2.14. The molecule has 2 aliphatic rings. The van der Waals surface area contributed by atoms with Crippen molar-refractivity contribution in [3.63, 3.8) is 0 Å². The summed E-state index contributed by atoms with van der Waals surface area (Å²) in [5.74, 6) is 0.642. The predicted molar refractivity (Wildman–Crippen MR) is 220 cm³/mol. The maximum Gasteiger partial charge on any atom is 0.137 e. The van der Waals surface area contributed by atoms with Crippen LogP contribution in [0.15, 0.2) is 191 Å². The first kappa shape index (κ1) is 29.8. The van der Waals surface area contributed by atoms with Crippen molar-refractivity contribution in [2.24, 2.45) is 5.92 Å². The van der Waals surface area contributed by atoms with Crippen LogP contribution >= 0.6 is 0 Å². The molecule has 2 aromatic heterocycles. The third-order valence-electron chi connectivity index (χ3n) is 11.0. The highest BCUT2D eigenvalue weighted by molar-refractivity contribution is 6.16. The van der Waals surface area contributed by atoms with E-state index in [4.69, 9.17) is 8.83 Å². The first-order valence-electron chi connectivity index (χ1n) is 18.3. The molecule has 7 aromatic carbocycles. The molecule has 0 aliphatic heterocycles. The number of fused-ring (bicyclic) bond motifs is 9. The van der Waals surface area contributed by atoms with Crippen molar-refractivity contribution >= 4 is 67.0 Å². The Hall–Kier alpha value is -6.84. The normalized spacial score (nSPS) is 16.1.